The van der Waals surface area contributed by atoms with E-state index in [0.29, 0.717) is 11.0 Å². The molecule has 1 aliphatic heterocycles. The van der Waals surface area contributed by atoms with Crippen molar-refractivity contribution in [3.63, 3.8) is 0 Å². The molecule has 0 fully saturated rings. The Morgan fingerprint density at radius 1 is 1.06 bits per heavy atom. The molecule has 1 amide bonds. The van der Waals surface area contributed by atoms with Gasteiger partial charge >= 0.3 is 0 Å². The number of thioether (sulfide) groups is 2. The molecule has 0 aliphatic carbocycles. The van der Waals surface area contributed by atoms with Crippen molar-refractivity contribution in [3.05, 3.63) is 96.1 Å². The maximum Gasteiger partial charge on any atom is 0.277 e. The van der Waals surface area contributed by atoms with E-state index in [4.69, 9.17) is 9.15 Å². The molecule has 0 saturated carbocycles. The second-order valence-corrected chi connectivity index (χ2v) is 9.45. The van der Waals surface area contributed by atoms with Crippen molar-refractivity contribution in [2.45, 2.75) is 22.8 Å². The fraction of sp³-hybridized carbons (Fsp3) is 0.160. The second-order valence-electron chi connectivity index (χ2n) is 7.46. The summed E-state index contributed by atoms with van der Waals surface area (Å²) in [5.41, 5.74) is 2.01. The van der Waals surface area contributed by atoms with Gasteiger partial charge in [-0.15, -0.1) is 22.0 Å². The minimum absolute atomic E-state index is 0.0334. The molecule has 0 spiro atoms. The van der Waals surface area contributed by atoms with E-state index in [9.17, 15) is 9.18 Å². The number of carbonyl (C=O) groups is 1. The molecule has 172 valence electrons. The molecular weight excluding hydrogens is 473 g/mol. The van der Waals surface area contributed by atoms with Crippen molar-refractivity contribution in [3.8, 4) is 5.75 Å². The number of amides is 1. The van der Waals surface area contributed by atoms with E-state index in [0.717, 1.165) is 21.9 Å². The zero-order valence-corrected chi connectivity index (χ0v) is 19.6. The number of hydrogen-bond donors (Lipinski definition) is 0. The van der Waals surface area contributed by atoms with Gasteiger partial charge in [0.25, 0.3) is 11.1 Å². The highest BCUT2D eigenvalue weighted by atomic mass is 32.2. The summed E-state index contributed by atoms with van der Waals surface area (Å²) in [5.74, 6) is 1.34. The van der Waals surface area contributed by atoms with Gasteiger partial charge in [0.05, 0.1) is 17.5 Å². The van der Waals surface area contributed by atoms with Crippen LogP contribution in [0.25, 0.3) is 0 Å². The molecule has 0 bridgehead atoms. The molecular formula is C25H20FN3O3S2. The van der Waals surface area contributed by atoms with Crippen LogP contribution in [0, 0.1) is 5.82 Å². The molecule has 1 aromatic heterocycles. The first kappa shape index (κ1) is 22.5. The van der Waals surface area contributed by atoms with Gasteiger partial charge in [-0.2, -0.15) is 0 Å². The van der Waals surface area contributed by atoms with E-state index in [1.54, 1.807) is 11.8 Å². The molecule has 0 saturated heterocycles. The minimum atomic E-state index is -0.335. The molecule has 5 rings (SSSR count). The third kappa shape index (κ3) is 5.10. The van der Waals surface area contributed by atoms with Gasteiger partial charge in [0.1, 0.15) is 11.6 Å². The maximum atomic E-state index is 13.4. The Morgan fingerprint density at radius 3 is 2.65 bits per heavy atom. The van der Waals surface area contributed by atoms with E-state index in [1.165, 1.54) is 36.0 Å². The Hall–Kier alpha value is -3.30. The summed E-state index contributed by atoms with van der Waals surface area (Å²) in [6, 6.07) is 23.7. The van der Waals surface area contributed by atoms with E-state index in [-0.39, 0.29) is 36.0 Å². The monoisotopic (exact) mass is 493 g/mol. The summed E-state index contributed by atoms with van der Waals surface area (Å²) in [6.45, 7) is 0.0555. The average Bonchev–Trinajstić information content (AvgIpc) is 3.34. The predicted octanol–water partition coefficient (Wildman–Crippen LogP) is 5.76. The first-order valence-electron chi connectivity index (χ1n) is 10.6. The first-order valence-corrected chi connectivity index (χ1v) is 12.6. The summed E-state index contributed by atoms with van der Waals surface area (Å²) >= 11 is 2.95. The van der Waals surface area contributed by atoms with Gasteiger partial charge in [-0.05, 0) is 42.0 Å². The fourth-order valence-electron chi connectivity index (χ4n) is 3.64. The standard InChI is InChI=1S/C25H20FN3O3S2/c26-18-10-12-19(13-11-18)31-14-23-27-28-25(32-23)34-16-24(30)29-20-8-4-5-9-22(20)33-15-21(29)17-6-2-1-3-7-17/h1-13,21H,14-16H2. The molecule has 0 radical (unpaired) electrons. The lowest BCUT2D eigenvalue weighted by Gasteiger charge is -2.37. The fourth-order valence-corrected chi connectivity index (χ4v) is 5.45. The number of benzene rings is 3. The third-order valence-corrected chi connectivity index (χ3v) is 7.17. The van der Waals surface area contributed by atoms with Gasteiger partial charge in [0, 0.05) is 10.6 Å². The number of hydrogen-bond acceptors (Lipinski definition) is 7. The summed E-state index contributed by atoms with van der Waals surface area (Å²) in [6.07, 6.45) is 0. The van der Waals surface area contributed by atoms with Crippen molar-refractivity contribution in [2.24, 2.45) is 0 Å². The van der Waals surface area contributed by atoms with Crippen molar-refractivity contribution in [2.75, 3.05) is 16.4 Å². The van der Waals surface area contributed by atoms with Gasteiger partial charge in [-0.1, -0.05) is 54.2 Å². The van der Waals surface area contributed by atoms with E-state index < -0.39 is 0 Å². The number of nitrogens with zero attached hydrogens (tertiary/aromatic N) is 3. The Morgan fingerprint density at radius 2 is 1.82 bits per heavy atom. The summed E-state index contributed by atoms with van der Waals surface area (Å²) in [5, 5.41) is 8.28. The lowest BCUT2D eigenvalue weighted by molar-refractivity contribution is -0.116. The lowest BCUT2D eigenvalue weighted by atomic mass is 10.1. The predicted molar refractivity (Wildman–Crippen MR) is 130 cm³/mol. The number of carbonyl (C=O) groups excluding carboxylic acids is 1. The molecule has 0 N–H and O–H groups in total. The number of rotatable bonds is 7. The lowest BCUT2D eigenvalue weighted by Crippen LogP contribution is -2.39. The highest BCUT2D eigenvalue weighted by molar-refractivity contribution is 8.00. The van der Waals surface area contributed by atoms with E-state index in [2.05, 4.69) is 22.3 Å². The van der Waals surface area contributed by atoms with Crippen LogP contribution in [0.5, 0.6) is 5.75 Å². The van der Waals surface area contributed by atoms with Gasteiger partial charge < -0.3 is 14.1 Å². The topological polar surface area (TPSA) is 68.5 Å². The molecule has 4 aromatic rings. The number of aromatic nitrogens is 2. The Balaban J connectivity index is 1.26. The van der Waals surface area contributed by atoms with Crippen LogP contribution in [0.1, 0.15) is 17.5 Å². The molecule has 1 unspecified atom stereocenters. The molecule has 3 aromatic carbocycles. The summed E-state index contributed by atoms with van der Waals surface area (Å²) in [4.78, 5) is 16.4. The summed E-state index contributed by atoms with van der Waals surface area (Å²) < 4.78 is 24.2. The largest absolute Gasteiger partial charge is 0.484 e. The average molecular weight is 494 g/mol. The van der Waals surface area contributed by atoms with Gasteiger partial charge in [0.2, 0.25) is 5.91 Å². The SMILES string of the molecule is O=C(CSc1nnc(COc2ccc(F)cc2)o1)N1c2ccccc2SCC1c1ccccc1. The Bertz CT molecular complexity index is 1270. The Kier molecular flexibility index (Phi) is 6.82. The zero-order valence-electron chi connectivity index (χ0n) is 18.0. The summed E-state index contributed by atoms with van der Waals surface area (Å²) in [7, 11) is 0. The minimum Gasteiger partial charge on any atom is -0.484 e. The van der Waals surface area contributed by atoms with Crippen molar-refractivity contribution in [1.82, 2.24) is 10.2 Å². The smallest absolute Gasteiger partial charge is 0.277 e. The number of ether oxygens (including phenoxy) is 1. The number of anilines is 1. The molecule has 1 aliphatic rings. The highest BCUT2D eigenvalue weighted by Gasteiger charge is 2.32. The molecule has 2 heterocycles. The second kappa shape index (κ2) is 10.3. The zero-order chi connectivity index (χ0) is 23.3. The van der Waals surface area contributed by atoms with Crippen LogP contribution in [0.4, 0.5) is 10.1 Å². The van der Waals surface area contributed by atoms with Crippen LogP contribution in [0.3, 0.4) is 0 Å². The van der Waals surface area contributed by atoms with E-state index in [1.807, 2.05) is 47.4 Å². The number of fused-ring (bicyclic) bond motifs is 1. The van der Waals surface area contributed by atoms with Gasteiger partial charge in [-0.25, -0.2) is 4.39 Å². The van der Waals surface area contributed by atoms with Crippen LogP contribution >= 0.6 is 23.5 Å². The van der Waals surface area contributed by atoms with Crippen molar-refractivity contribution < 1.29 is 18.3 Å². The normalized spacial score (nSPS) is 15.1. The van der Waals surface area contributed by atoms with Gasteiger partial charge in [-0.3, -0.25) is 4.79 Å². The van der Waals surface area contributed by atoms with Crippen molar-refractivity contribution in [1.29, 1.82) is 0 Å². The van der Waals surface area contributed by atoms with Gasteiger partial charge in [0.15, 0.2) is 6.61 Å². The maximum absolute atomic E-state index is 13.4. The van der Waals surface area contributed by atoms with Crippen LogP contribution in [-0.4, -0.2) is 27.6 Å². The van der Waals surface area contributed by atoms with Crippen molar-refractivity contribution >= 4 is 35.1 Å². The quantitative estimate of drug-likeness (QED) is 0.303. The van der Waals surface area contributed by atoms with Crippen LogP contribution in [0.15, 0.2) is 93.4 Å². The highest BCUT2D eigenvalue weighted by Crippen LogP contribution is 2.43. The molecule has 34 heavy (non-hydrogen) atoms. The van der Waals surface area contributed by atoms with Crippen LogP contribution in [-0.2, 0) is 11.4 Å². The molecule has 9 heteroatoms. The first-order chi connectivity index (χ1) is 16.7. The number of halogens is 1. The number of para-hydroxylation sites is 1. The molecule has 6 nitrogen and oxygen atoms in total. The van der Waals surface area contributed by atoms with Crippen LogP contribution in [0.2, 0.25) is 0 Å². The molecule has 1 atom stereocenters. The third-order valence-electron chi connectivity index (χ3n) is 5.23. The Labute approximate surface area is 204 Å². The van der Waals surface area contributed by atoms with E-state index >= 15 is 0 Å². The van der Waals surface area contributed by atoms with Crippen LogP contribution < -0.4 is 9.64 Å².